The van der Waals surface area contributed by atoms with Gasteiger partial charge in [-0.25, -0.2) is 0 Å². The first kappa shape index (κ1) is 20.0. The third-order valence-electron chi connectivity index (χ3n) is 3.97. The molecule has 1 aromatic heterocycles. The number of hydrogen-bond acceptors (Lipinski definition) is 4. The number of carbonyl (C=O) groups is 1. The Hall–Kier alpha value is -2.75. The second-order valence-electron chi connectivity index (χ2n) is 6.06. The van der Waals surface area contributed by atoms with Crippen molar-refractivity contribution in [2.45, 2.75) is 19.3 Å². The molecule has 1 heterocycles. The molecule has 0 N–H and O–H groups in total. The van der Waals surface area contributed by atoms with E-state index in [4.69, 9.17) is 0 Å². The molecule has 0 fully saturated rings. The number of carbonyl (C=O) groups excluding carboxylic acids is 1. The van der Waals surface area contributed by atoms with Gasteiger partial charge in [0.2, 0.25) is 11.7 Å². The van der Waals surface area contributed by atoms with Gasteiger partial charge in [-0.15, -0.1) is 10.2 Å². The van der Waals surface area contributed by atoms with Gasteiger partial charge in [0.15, 0.2) is 0 Å². The predicted octanol–water partition coefficient (Wildman–Crippen LogP) is 3.78. The van der Waals surface area contributed by atoms with Crippen LogP contribution in [-0.4, -0.2) is 38.1 Å². The van der Waals surface area contributed by atoms with Crippen molar-refractivity contribution >= 4 is 21.8 Å². The minimum Gasteiger partial charge on any atom is -0.340 e. The summed E-state index contributed by atoms with van der Waals surface area (Å²) < 4.78 is 39.4. The van der Waals surface area contributed by atoms with Crippen LogP contribution in [0.15, 0.2) is 53.0 Å². The molecule has 0 spiro atoms. The minimum absolute atomic E-state index is 0.0207. The van der Waals surface area contributed by atoms with Crippen LogP contribution in [0.1, 0.15) is 11.1 Å². The van der Waals surface area contributed by atoms with Crippen molar-refractivity contribution in [3.8, 4) is 11.4 Å². The fraction of sp³-hybridized carbons (Fsp3) is 0.222. The predicted molar refractivity (Wildman–Crippen MR) is 98.9 cm³/mol. The third-order valence-corrected chi connectivity index (χ3v) is 4.74. The summed E-state index contributed by atoms with van der Waals surface area (Å²) in [6, 6.07) is 12.2. The van der Waals surface area contributed by atoms with Crippen molar-refractivity contribution in [1.29, 1.82) is 0 Å². The maximum Gasteiger partial charge on any atom is 0.416 e. The van der Waals surface area contributed by atoms with E-state index in [0.717, 1.165) is 27.0 Å². The van der Waals surface area contributed by atoms with Gasteiger partial charge in [0, 0.05) is 23.6 Å². The van der Waals surface area contributed by atoms with E-state index in [9.17, 15) is 18.0 Å². The van der Waals surface area contributed by atoms with Crippen molar-refractivity contribution in [2.75, 3.05) is 7.05 Å². The lowest BCUT2D eigenvalue weighted by Crippen LogP contribution is -2.30. The van der Waals surface area contributed by atoms with E-state index in [1.165, 1.54) is 17.0 Å². The number of benzene rings is 2. The maximum absolute atomic E-state index is 12.8. The molecule has 0 aliphatic rings. The number of halogens is 4. The largest absolute Gasteiger partial charge is 0.416 e. The van der Waals surface area contributed by atoms with Crippen molar-refractivity contribution < 1.29 is 18.0 Å². The maximum atomic E-state index is 12.8. The van der Waals surface area contributed by atoms with Crippen LogP contribution < -0.4 is 0 Å². The smallest absolute Gasteiger partial charge is 0.340 e. The number of nitrogens with zero attached hydrogens (tertiary/aromatic N) is 5. The van der Waals surface area contributed by atoms with Crippen molar-refractivity contribution in [3.05, 3.63) is 64.1 Å². The SMILES string of the molecule is CN(Cc1ccccc1Br)C(=O)Cn1nnc(-c2cccc(C(F)(F)F)c2)n1. The van der Waals surface area contributed by atoms with Gasteiger partial charge in [0.05, 0.1) is 5.56 Å². The van der Waals surface area contributed by atoms with Gasteiger partial charge < -0.3 is 4.90 Å². The molecule has 0 unspecified atom stereocenters. The number of alkyl halides is 3. The summed E-state index contributed by atoms with van der Waals surface area (Å²) in [5.41, 5.74) is 0.315. The standard InChI is InChI=1S/C18H15BrF3N5O/c1-26(10-13-5-2-3-8-15(13)19)16(28)11-27-24-17(23-25-27)12-6-4-7-14(9-12)18(20,21)22/h2-9H,10-11H2,1H3. The Bertz CT molecular complexity index is 989. The molecule has 3 aromatic rings. The van der Waals surface area contributed by atoms with Crippen molar-refractivity contribution in [2.24, 2.45) is 0 Å². The first-order chi connectivity index (χ1) is 13.2. The molecular formula is C18H15BrF3N5O. The molecule has 146 valence electrons. The normalized spacial score (nSPS) is 11.5. The van der Waals surface area contributed by atoms with Crippen LogP contribution >= 0.6 is 15.9 Å². The van der Waals surface area contributed by atoms with Crippen molar-refractivity contribution in [1.82, 2.24) is 25.1 Å². The number of tetrazole rings is 1. The van der Waals surface area contributed by atoms with Crippen LogP contribution in [0.3, 0.4) is 0 Å². The number of hydrogen-bond donors (Lipinski definition) is 0. The minimum atomic E-state index is -4.46. The molecule has 28 heavy (non-hydrogen) atoms. The van der Waals surface area contributed by atoms with E-state index in [1.807, 2.05) is 24.3 Å². The van der Waals surface area contributed by atoms with E-state index in [1.54, 1.807) is 7.05 Å². The zero-order valence-corrected chi connectivity index (χ0v) is 16.3. The summed E-state index contributed by atoms with van der Waals surface area (Å²) in [5.74, 6) is -0.240. The molecule has 0 aliphatic carbocycles. The van der Waals surface area contributed by atoms with Crippen molar-refractivity contribution in [3.63, 3.8) is 0 Å². The Morgan fingerprint density at radius 3 is 2.64 bits per heavy atom. The van der Waals surface area contributed by atoms with Crippen LogP contribution in [0.2, 0.25) is 0 Å². The molecule has 6 nitrogen and oxygen atoms in total. The van der Waals surface area contributed by atoms with Crippen LogP contribution in [0.5, 0.6) is 0 Å². The highest BCUT2D eigenvalue weighted by Crippen LogP contribution is 2.31. The monoisotopic (exact) mass is 453 g/mol. The number of amides is 1. The Balaban J connectivity index is 1.69. The van der Waals surface area contributed by atoms with E-state index >= 15 is 0 Å². The van der Waals surface area contributed by atoms with Crippen LogP contribution in [0, 0.1) is 0 Å². The Labute approximate surface area is 167 Å². The van der Waals surface area contributed by atoms with Gasteiger partial charge in [-0.2, -0.15) is 18.0 Å². The molecule has 0 saturated heterocycles. The van der Waals surface area contributed by atoms with E-state index in [0.29, 0.717) is 6.54 Å². The van der Waals surface area contributed by atoms with E-state index < -0.39 is 11.7 Å². The Morgan fingerprint density at radius 1 is 1.18 bits per heavy atom. The zero-order chi connectivity index (χ0) is 20.3. The molecule has 0 bridgehead atoms. The lowest BCUT2D eigenvalue weighted by atomic mass is 10.1. The van der Waals surface area contributed by atoms with Crippen LogP contribution in [0.4, 0.5) is 13.2 Å². The third kappa shape index (κ3) is 4.75. The summed E-state index contributed by atoms with van der Waals surface area (Å²) in [7, 11) is 1.65. The second kappa shape index (κ2) is 8.09. The zero-order valence-electron chi connectivity index (χ0n) is 14.7. The highest BCUT2D eigenvalue weighted by atomic mass is 79.9. The summed E-state index contributed by atoms with van der Waals surface area (Å²) in [4.78, 5) is 15.0. The molecule has 1 amide bonds. The fourth-order valence-electron chi connectivity index (χ4n) is 2.47. The van der Waals surface area contributed by atoms with E-state index in [-0.39, 0.29) is 23.8 Å². The molecule has 0 saturated carbocycles. The summed E-state index contributed by atoms with van der Waals surface area (Å²) in [6.07, 6.45) is -4.46. The summed E-state index contributed by atoms with van der Waals surface area (Å²) in [5, 5.41) is 11.5. The van der Waals surface area contributed by atoms with Gasteiger partial charge in [-0.1, -0.05) is 46.3 Å². The average molecular weight is 454 g/mol. The van der Waals surface area contributed by atoms with Gasteiger partial charge in [0.1, 0.15) is 6.54 Å². The van der Waals surface area contributed by atoms with Gasteiger partial charge >= 0.3 is 6.18 Å². The highest BCUT2D eigenvalue weighted by molar-refractivity contribution is 9.10. The van der Waals surface area contributed by atoms with Gasteiger partial charge in [-0.05, 0) is 29.0 Å². The lowest BCUT2D eigenvalue weighted by molar-refractivity contribution is -0.137. The van der Waals surface area contributed by atoms with Gasteiger partial charge in [0.25, 0.3) is 0 Å². The highest BCUT2D eigenvalue weighted by Gasteiger charge is 2.30. The second-order valence-corrected chi connectivity index (χ2v) is 6.92. The number of likely N-dealkylation sites (N-methyl/N-ethyl adjacent to an activating group) is 1. The Kier molecular flexibility index (Phi) is 5.78. The lowest BCUT2D eigenvalue weighted by Gasteiger charge is -2.17. The number of aromatic nitrogens is 4. The van der Waals surface area contributed by atoms with Crippen LogP contribution in [0.25, 0.3) is 11.4 Å². The molecule has 0 aliphatic heterocycles. The first-order valence-corrected chi connectivity index (χ1v) is 8.96. The quantitative estimate of drug-likeness (QED) is 0.589. The molecule has 2 aromatic carbocycles. The molecule has 3 rings (SSSR count). The van der Waals surface area contributed by atoms with Crippen LogP contribution in [-0.2, 0) is 24.1 Å². The topological polar surface area (TPSA) is 63.9 Å². The molecule has 0 radical (unpaired) electrons. The Morgan fingerprint density at radius 2 is 1.93 bits per heavy atom. The average Bonchev–Trinajstić information content (AvgIpc) is 3.11. The molecule has 0 atom stereocenters. The summed E-state index contributed by atoms with van der Waals surface area (Å²) in [6.45, 7) is 0.211. The van der Waals surface area contributed by atoms with Gasteiger partial charge in [-0.3, -0.25) is 4.79 Å². The molecular weight excluding hydrogens is 439 g/mol. The van der Waals surface area contributed by atoms with E-state index in [2.05, 4.69) is 31.3 Å². The fourth-order valence-corrected chi connectivity index (χ4v) is 2.88. The summed E-state index contributed by atoms with van der Waals surface area (Å²) >= 11 is 3.43. The first-order valence-electron chi connectivity index (χ1n) is 8.17. The molecule has 10 heteroatoms. The number of rotatable bonds is 5.